The van der Waals surface area contributed by atoms with Gasteiger partial charge in [0.2, 0.25) is 0 Å². The Kier molecular flexibility index (Phi) is 7.30. The summed E-state index contributed by atoms with van der Waals surface area (Å²) >= 11 is 0. The second kappa shape index (κ2) is 9.01. The third-order valence-corrected chi connectivity index (χ3v) is 3.25. The van der Waals surface area contributed by atoms with Crippen molar-refractivity contribution >= 4 is 12.0 Å². The molecule has 0 aliphatic heterocycles. The van der Waals surface area contributed by atoms with Crippen molar-refractivity contribution in [3.63, 3.8) is 0 Å². The number of ether oxygens (including phenoxy) is 1. The highest BCUT2D eigenvalue weighted by molar-refractivity contribution is 5.92. The van der Waals surface area contributed by atoms with Crippen LogP contribution in [0.3, 0.4) is 0 Å². The molecule has 0 spiro atoms. The van der Waals surface area contributed by atoms with E-state index in [9.17, 15) is 4.79 Å². The molecule has 1 aromatic rings. The molecule has 3 heteroatoms. The summed E-state index contributed by atoms with van der Waals surface area (Å²) < 4.78 is 5.11. The van der Waals surface area contributed by atoms with Crippen LogP contribution in [0.2, 0.25) is 0 Å². The minimum Gasteiger partial charge on any atom is -0.497 e. The van der Waals surface area contributed by atoms with Gasteiger partial charge in [0, 0.05) is 18.3 Å². The van der Waals surface area contributed by atoms with Gasteiger partial charge >= 0.3 is 0 Å². The van der Waals surface area contributed by atoms with E-state index in [1.807, 2.05) is 37.3 Å². The fraction of sp³-hybridized carbons (Fsp3) is 0.389. The van der Waals surface area contributed by atoms with E-state index in [2.05, 4.69) is 13.5 Å². The van der Waals surface area contributed by atoms with Crippen LogP contribution in [-0.2, 0) is 4.79 Å². The summed E-state index contributed by atoms with van der Waals surface area (Å²) in [7, 11) is 1.63. The lowest BCUT2D eigenvalue weighted by molar-refractivity contribution is -0.124. The monoisotopic (exact) mass is 287 g/mol. The van der Waals surface area contributed by atoms with Crippen LogP contribution in [0.15, 0.2) is 42.6 Å². The largest absolute Gasteiger partial charge is 0.497 e. The molecule has 0 unspecified atom stereocenters. The zero-order chi connectivity index (χ0) is 15.7. The van der Waals surface area contributed by atoms with Crippen molar-refractivity contribution in [3.8, 4) is 5.75 Å². The van der Waals surface area contributed by atoms with Gasteiger partial charge in [0.1, 0.15) is 5.75 Å². The molecular weight excluding hydrogens is 262 g/mol. The highest BCUT2D eigenvalue weighted by Crippen LogP contribution is 2.13. The van der Waals surface area contributed by atoms with Crippen molar-refractivity contribution in [2.45, 2.75) is 33.1 Å². The van der Waals surface area contributed by atoms with Crippen molar-refractivity contribution < 1.29 is 9.53 Å². The molecule has 0 atom stereocenters. The van der Waals surface area contributed by atoms with Crippen molar-refractivity contribution in [1.82, 2.24) is 4.90 Å². The van der Waals surface area contributed by atoms with E-state index in [1.165, 1.54) is 0 Å². The standard InChI is InChI=1S/C18H25NO2/c1-5-6-7-14-19(15(2)3)18(20)13-10-16-8-11-17(21-4)12-9-16/h8-13H,2,5-7,14H2,1,3-4H3/b13-10+. The second-order valence-electron chi connectivity index (χ2n) is 5.04. The number of carbonyl (C=O) groups is 1. The van der Waals surface area contributed by atoms with Crippen LogP contribution in [0.4, 0.5) is 0 Å². The Morgan fingerprint density at radius 3 is 2.48 bits per heavy atom. The molecule has 1 rings (SSSR count). The Balaban J connectivity index is 2.66. The van der Waals surface area contributed by atoms with Gasteiger partial charge in [-0.2, -0.15) is 0 Å². The van der Waals surface area contributed by atoms with E-state index in [0.29, 0.717) is 0 Å². The van der Waals surface area contributed by atoms with E-state index in [0.717, 1.165) is 42.8 Å². The van der Waals surface area contributed by atoms with Gasteiger partial charge in [0.25, 0.3) is 5.91 Å². The molecule has 0 heterocycles. The van der Waals surface area contributed by atoms with Crippen molar-refractivity contribution in [3.05, 3.63) is 48.2 Å². The van der Waals surface area contributed by atoms with Crippen molar-refractivity contribution in [2.24, 2.45) is 0 Å². The maximum atomic E-state index is 12.2. The van der Waals surface area contributed by atoms with Gasteiger partial charge in [-0.05, 0) is 37.1 Å². The molecule has 0 aromatic heterocycles. The quantitative estimate of drug-likeness (QED) is 0.528. The number of allylic oxidation sites excluding steroid dienone is 1. The molecular formula is C18H25NO2. The topological polar surface area (TPSA) is 29.5 Å². The minimum absolute atomic E-state index is 0.0191. The predicted octanol–water partition coefficient (Wildman–Crippen LogP) is 4.26. The molecule has 0 fully saturated rings. The van der Waals surface area contributed by atoms with E-state index in [1.54, 1.807) is 18.1 Å². The average Bonchev–Trinajstić information content (AvgIpc) is 2.49. The molecule has 0 saturated carbocycles. The van der Waals surface area contributed by atoms with Gasteiger partial charge in [-0.25, -0.2) is 0 Å². The molecule has 0 bridgehead atoms. The van der Waals surface area contributed by atoms with Gasteiger partial charge in [-0.15, -0.1) is 0 Å². The summed E-state index contributed by atoms with van der Waals surface area (Å²) in [5, 5.41) is 0. The molecule has 0 radical (unpaired) electrons. The molecule has 0 aliphatic carbocycles. The summed E-state index contributed by atoms with van der Waals surface area (Å²) in [5.41, 5.74) is 1.76. The van der Waals surface area contributed by atoms with Crippen molar-refractivity contribution in [2.75, 3.05) is 13.7 Å². The Hall–Kier alpha value is -2.03. The van der Waals surface area contributed by atoms with Gasteiger partial charge in [0.05, 0.1) is 7.11 Å². The van der Waals surface area contributed by atoms with Crippen LogP contribution >= 0.6 is 0 Å². The number of benzene rings is 1. The molecule has 0 N–H and O–H groups in total. The number of methoxy groups -OCH3 is 1. The van der Waals surface area contributed by atoms with Crippen LogP contribution in [0, 0.1) is 0 Å². The zero-order valence-corrected chi connectivity index (χ0v) is 13.3. The zero-order valence-electron chi connectivity index (χ0n) is 13.3. The van der Waals surface area contributed by atoms with E-state index >= 15 is 0 Å². The lowest BCUT2D eigenvalue weighted by atomic mass is 10.2. The summed E-state index contributed by atoms with van der Waals surface area (Å²) in [6.45, 7) is 8.63. The van der Waals surface area contributed by atoms with Crippen LogP contribution in [-0.4, -0.2) is 24.5 Å². The average molecular weight is 287 g/mol. The van der Waals surface area contributed by atoms with Crippen LogP contribution in [0.1, 0.15) is 38.7 Å². The van der Waals surface area contributed by atoms with Gasteiger partial charge in [-0.1, -0.05) is 38.5 Å². The number of hydrogen-bond acceptors (Lipinski definition) is 2. The first-order valence-electron chi connectivity index (χ1n) is 7.37. The Morgan fingerprint density at radius 2 is 1.95 bits per heavy atom. The first-order chi connectivity index (χ1) is 10.1. The maximum absolute atomic E-state index is 12.2. The number of hydrogen-bond donors (Lipinski definition) is 0. The van der Waals surface area contributed by atoms with Crippen molar-refractivity contribution in [1.29, 1.82) is 0 Å². The van der Waals surface area contributed by atoms with E-state index in [4.69, 9.17) is 4.74 Å². The molecule has 0 aliphatic rings. The summed E-state index contributed by atoms with van der Waals surface area (Å²) in [4.78, 5) is 14.0. The van der Waals surface area contributed by atoms with Gasteiger partial charge in [-0.3, -0.25) is 4.79 Å². The smallest absolute Gasteiger partial charge is 0.250 e. The second-order valence-corrected chi connectivity index (χ2v) is 5.04. The van der Waals surface area contributed by atoms with E-state index in [-0.39, 0.29) is 5.91 Å². The number of rotatable bonds is 8. The van der Waals surface area contributed by atoms with Crippen LogP contribution in [0.5, 0.6) is 5.75 Å². The molecule has 21 heavy (non-hydrogen) atoms. The molecule has 3 nitrogen and oxygen atoms in total. The first-order valence-corrected chi connectivity index (χ1v) is 7.37. The Bertz CT molecular complexity index is 488. The number of carbonyl (C=O) groups excluding carboxylic acids is 1. The molecule has 0 saturated heterocycles. The molecule has 114 valence electrons. The third-order valence-electron chi connectivity index (χ3n) is 3.25. The fourth-order valence-corrected chi connectivity index (χ4v) is 1.98. The minimum atomic E-state index is -0.0191. The normalized spacial score (nSPS) is 10.6. The SMILES string of the molecule is C=C(C)N(CCCCC)C(=O)/C=C/c1ccc(OC)cc1. The fourth-order valence-electron chi connectivity index (χ4n) is 1.98. The van der Waals surface area contributed by atoms with Crippen LogP contribution < -0.4 is 4.74 Å². The van der Waals surface area contributed by atoms with Crippen LogP contribution in [0.25, 0.3) is 6.08 Å². The van der Waals surface area contributed by atoms with E-state index < -0.39 is 0 Å². The van der Waals surface area contributed by atoms with Gasteiger partial charge < -0.3 is 9.64 Å². The number of unbranched alkanes of at least 4 members (excludes halogenated alkanes) is 2. The first kappa shape index (κ1) is 17.0. The third kappa shape index (κ3) is 5.86. The highest BCUT2D eigenvalue weighted by atomic mass is 16.5. The predicted molar refractivity (Wildman–Crippen MR) is 88.1 cm³/mol. The Morgan fingerprint density at radius 1 is 1.29 bits per heavy atom. The lowest BCUT2D eigenvalue weighted by Gasteiger charge is -2.20. The summed E-state index contributed by atoms with van der Waals surface area (Å²) in [6, 6.07) is 7.60. The number of nitrogens with zero attached hydrogens (tertiary/aromatic N) is 1. The summed E-state index contributed by atoms with van der Waals surface area (Å²) in [5.74, 6) is 0.788. The summed E-state index contributed by atoms with van der Waals surface area (Å²) in [6.07, 6.45) is 6.69. The lowest BCUT2D eigenvalue weighted by Crippen LogP contribution is -2.28. The van der Waals surface area contributed by atoms with Gasteiger partial charge in [0.15, 0.2) is 0 Å². The Labute approximate surface area is 127 Å². The number of amides is 1. The maximum Gasteiger partial charge on any atom is 0.250 e. The highest BCUT2D eigenvalue weighted by Gasteiger charge is 2.10. The molecule has 1 aromatic carbocycles. The molecule has 1 amide bonds.